The Hall–Kier alpha value is -1.65. The van der Waals surface area contributed by atoms with Crippen LogP contribution in [0.4, 0.5) is 0 Å². The van der Waals surface area contributed by atoms with E-state index in [0.717, 1.165) is 16.3 Å². The predicted molar refractivity (Wildman–Crippen MR) is 73.3 cm³/mol. The summed E-state index contributed by atoms with van der Waals surface area (Å²) in [5, 5.41) is 13.1. The summed E-state index contributed by atoms with van der Waals surface area (Å²) in [6.45, 7) is 0.353. The van der Waals surface area contributed by atoms with Crippen LogP contribution in [0.25, 0.3) is 0 Å². The van der Waals surface area contributed by atoms with Gasteiger partial charge < -0.3 is 0 Å². The summed E-state index contributed by atoms with van der Waals surface area (Å²) in [7, 11) is -3.25. The van der Waals surface area contributed by atoms with Gasteiger partial charge in [-0.25, -0.2) is 8.42 Å². The molecule has 0 N–H and O–H groups in total. The number of nitriles is 1. The fraction of sp³-hybridized carbons (Fsp3) is 0.167. The van der Waals surface area contributed by atoms with E-state index in [1.54, 1.807) is 6.07 Å². The number of halogens is 1. The predicted octanol–water partition coefficient (Wildman–Crippen LogP) is 1.97. The standard InChI is InChI=1S/C12H10BrN3O2S/c1-19(17,18)12-6-15-16(8-12)7-9-2-3-11(13)4-10(9)5-14/h2-4,6,8H,7H2,1H3. The maximum absolute atomic E-state index is 11.4. The van der Waals surface area contributed by atoms with Gasteiger partial charge in [0.1, 0.15) is 4.90 Å². The third-order valence-corrected chi connectivity index (χ3v) is 4.12. The Morgan fingerprint density at radius 1 is 1.47 bits per heavy atom. The van der Waals surface area contributed by atoms with Crippen molar-refractivity contribution in [3.05, 3.63) is 46.2 Å². The van der Waals surface area contributed by atoms with Gasteiger partial charge in [-0.1, -0.05) is 22.0 Å². The summed E-state index contributed by atoms with van der Waals surface area (Å²) in [4.78, 5) is 0.170. The Kier molecular flexibility index (Phi) is 3.73. The second kappa shape index (κ2) is 5.15. The first kappa shape index (κ1) is 13.8. The minimum Gasteiger partial charge on any atom is -0.267 e. The first-order valence-electron chi connectivity index (χ1n) is 5.31. The number of aromatic nitrogens is 2. The lowest BCUT2D eigenvalue weighted by molar-refractivity contribution is 0.601. The summed E-state index contributed by atoms with van der Waals surface area (Å²) >= 11 is 3.30. The van der Waals surface area contributed by atoms with Crippen LogP contribution < -0.4 is 0 Å². The molecule has 0 aliphatic heterocycles. The van der Waals surface area contributed by atoms with Crippen molar-refractivity contribution in [1.82, 2.24) is 9.78 Å². The van der Waals surface area contributed by atoms with Crippen molar-refractivity contribution in [2.45, 2.75) is 11.4 Å². The minimum absolute atomic E-state index is 0.170. The van der Waals surface area contributed by atoms with Gasteiger partial charge in [-0.2, -0.15) is 10.4 Å². The average Bonchev–Trinajstić information content (AvgIpc) is 2.79. The number of sulfone groups is 1. The van der Waals surface area contributed by atoms with Crippen molar-refractivity contribution in [3.8, 4) is 6.07 Å². The zero-order valence-corrected chi connectivity index (χ0v) is 12.4. The van der Waals surface area contributed by atoms with Gasteiger partial charge in [0.2, 0.25) is 0 Å². The Balaban J connectivity index is 2.32. The van der Waals surface area contributed by atoms with Gasteiger partial charge in [0.15, 0.2) is 9.84 Å². The molecule has 0 fully saturated rings. The maximum Gasteiger partial charge on any atom is 0.178 e. The third kappa shape index (κ3) is 3.22. The zero-order valence-electron chi connectivity index (χ0n) is 10.0. The van der Waals surface area contributed by atoms with Gasteiger partial charge in [0.05, 0.1) is 24.4 Å². The van der Waals surface area contributed by atoms with E-state index in [2.05, 4.69) is 27.1 Å². The molecule has 1 aromatic heterocycles. The van der Waals surface area contributed by atoms with Crippen LogP contribution in [0, 0.1) is 11.3 Å². The molecule has 98 valence electrons. The van der Waals surface area contributed by atoms with E-state index in [0.29, 0.717) is 12.1 Å². The molecule has 19 heavy (non-hydrogen) atoms. The molecule has 0 radical (unpaired) electrons. The van der Waals surface area contributed by atoms with Gasteiger partial charge in [-0.3, -0.25) is 4.68 Å². The number of rotatable bonds is 3. The molecular weight excluding hydrogens is 330 g/mol. The van der Waals surface area contributed by atoms with Gasteiger partial charge in [0.25, 0.3) is 0 Å². The van der Waals surface area contributed by atoms with Crippen molar-refractivity contribution in [1.29, 1.82) is 5.26 Å². The van der Waals surface area contributed by atoms with Crippen LogP contribution in [-0.2, 0) is 16.4 Å². The molecule has 0 spiro atoms. The minimum atomic E-state index is -3.25. The summed E-state index contributed by atoms with van der Waals surface area (Å²) in [5.41, 5.74) is 1.32. The number of nitrogens with zero attached hydrogens (tertiary/aromatic N) is 3. The first-order valence-corrected chi connectivity index (χ1v) is 7.99. The summed E-state index contributed by atoms with van der Waals surface area (Å²) in [6.07, 6.45) is 3.90. The quantitative estimate of drug-likeness (QED) is 0.856. The van der Waals surface area contributed by atoms with Crippen molar-refractivity contribution >= 4 is 25.8 Å². The van der Waals surface area contributed by atoms with Crippen LogP contribution in [0.5, 0.6) is 0 Å². The van der Waals surface area contributed by atoms with Gasteiger partial charge in [-0.05, 0) is 17.7 Å². The Labute approximate surface area is 119 Å². The fourth-order valence-corrected chi connectivity index (χ4v) is 2.50. The van der Waals surface area contributed by atoms with E-state index in [1.165, 1.54) is 17.1 Å². The fourth-order valence-electron chi connectivity index (χ4n) is 1.59. The van der Waals surface area contributed by atoms with Crippen molar-refractivity contribution in [2.24, 2.45) is 0 Å². The molecule has 0 bridgehead atoms. The van der Waals surface area contributed by atoms with Crippen molar-refractivity contribution in [3.63, 3.8) is 0 Å². The Morgan fingerprint density at radius 3 is 2.79 bits per heavy atom. The number of hydrogen-bond donors (Lipinski definition) is 0. The van der Waals surface area contributed by atoms with Crippen LogP contribution in [0.15, 0.2) is 40.0 Å². The second-order valence-electron chi connectivity index (χ2n) is 4.06. The molecule has 5 nitrogen and oxygen atoms in total. The zero-order chi connectivity index (χ0) is 14.0. The molecule has 0 amide bonds. The lowest BCUT2D eigenvalue weighted by atomic mass is 10.1. The van der Waals surface area contributed by atoms with E-state index in [4.69, 9.17) is 5.26 Å². The highest BCUT2D eigenvalue weighted by molar-refractivity contribution is 9.10. The van der Waals surface area contributed by atoms with E-state index in [1.807, 2.05) is 12.1 Å². The molecule has 0 unspecified atom stereocenters. The third-order valence-electron chi connectivity index (χ3n) is 2.56. The molecule has 0 saturated carbocycles. The van der Waals surface area contributed by atoms with Gasteiger partial charge in [-0.15, -0.1) is 0 Å². The topological polar surface area (TPSA) is 75.8 Å². The summed E-state index contributed by atoms with van der Waals surface area (Å²) in [5.74, 6) is 0. The Bertz CT molecular complexity index is 760. The smallest absolute Gasteiger partial charge is 0.178 e. The second-order valence-corrected chi connectivity index (χ2v) is 6.99. The highest BCUT2D eigenvalue weighted by Crippen LogP contribution is 2.17. The van der Waals surface area contributed by atoms with Crippen LogP contribution in [0.2, 0.25) is 0 Å². The van der Waals surface area contributed by atoms with Gasteiger partial charge >= 0.3 is 0 Å². The van der Waals surface area contributed by atoms with E-state index in [-0.39, 0.29) is 4.90 Å². The molecular formula is C12H10BrN3O2S. The molecule has 1 aromatic carbocycles. The van der Waals surface area contributed by atoms with Crippen LogP contribution in [0.3, 0.4) is 0 Å². The molecule has 0 saturated heterocycles. The summed E-state index contributed by atoms with van der Waals surface area (Å²) < 4.78 is 25.0. The molecule has 0 atom stereocenters. The molecule has 0 aliphatic rings. The molecule has 2 aromatic rings. The van der Waals surface area contributed by atoms with Crippen molar-refractivity contribution < 1.29 is 8.42 Å². The largest absolute Gasteiger partial charge is 0.267 e. The average molecular weight is 340 g/mol. The molecule has 2 rings (SSSR count). The number of hydrogen-bond acceptors (Lipinski definition) is 4. The van der Waals surface area contributed by atoms with Crippen LogP contribution >= 0.6 is 15.9 Å². The highest BCUT2D eigenvalue weighted by Gasteiger charge is 2.11. The van der Waals surface area contributed by atoms with E-state index >= 15 is 0 Å². The Morgan fingerprint density at radius 2 is 2.21 bits per heavy atom. The molecule has 0 aliphatic carbocycles. The SMILES string of the molecule is CS(=O)(=O)c1cnn(Cc2ccc(Br)cc2C#N)c1. The van der Waals surface area contributed by atoms with Gasteiger partial charge in [0, 0.05) is 16.9 Å². The molecule has 7 heteroatoms. The van der Waals surface area contributed by atoms with Crippen LogP contribution in [-0.4, -0.2) is 24.5 Å². The monoisotopic (exact) mass is 339 g/mol. The van der Waals surface area contributed by atoms with Crippen LogP contribution in [0.1, 0.15) is 11.1 Å². The first-order chi connectivity index (χ1) is 8.90. The van der Waals surface area contributed by atoms with E-state index in [9.17, 15) is 8.42 Å². The molecule has 1 heterocycles. The number of benzene rings is 1. The lowest BCUT2D eigenvalue weighted by Crippen LogP contribution is -2.02. The summed E-state index contributed by atoms with van der Waals surface area (Å²) in [6, 6.07) is 7.46. The highest BCUT2D eigenvalue weighted by atomic mass is 79.9. The lowest BCUT2D eigenvalue weighted by Gasteiger charge is -2.04. The van der Waals surface area contributed by atoms with E-state index < -0.39 is 9.84 Å². The normalized spacial score (nSPS) is 11.2. The van der Waals surface area contributed by atoms with Crippen molar-refractivity contribution in [2.75, 3.05) is 6.26 Å². The maximum atomic E-state index is 11.4.